The van der Waals surface area contributed by atoms with Crippen LogP contribution in [-0.4, -0.2) is 4.98 Å². The number of nitrogens with zero attached hydrogens (tertiary/aromatic N) is 3. The van der Waals surface area contributed by atoms with Gasteiger partial charge < -0.3 is 4.98 Å². The summed E-state index contributed by atoms with van der Waals surface area (Å²) in [6.07, 6.45) is 0. The van der Waals surface area contributed by atoms with E-state index in [-0.39, 0.29) is 0 Å². The van der Waals surface area contributed by atoms with Crippen LogP contribution in [0.2, 0.25) is 5.02 Å². The van der Waals surface area contributed by atoms with Gasteiger partial charge in [-0.1, -0.05) is 84.5 Å². The molecule has 0 aliphatic heterocycles. The number of pyridine rings is 1. The molecule has 0 fully saturated rings. The summed E-state index contributed by atoms with van der Waals surface area (Å²) in [5, 5.41) is 19.4. The van der Waals surface area contributed by atoms with Crippen molar-refractivity contribution in [3.63, 3.8) is 0 Å². The Morgan fingerprint density at radius 2 is 1.40 bits per heavy atom. The lowest BCUT2D eigenvalue weighted by Crippen LogP contribution is -1.95. The third kappa shape index (κ3) is 4.06. The fourth-order valence-electron chi connectivity index (χ4n) is 3.11. The normalized spacial score (nSPS) is 10.8. The Bertz CT molecular complexity index is 1310. The van der Waals surface area contributed by atoms with Gasteiger partial charge >= 0.3 is 0 Å². The van der Waals surface area contributed by atoms with E-state index in [1.807, 2.05) is 60.7 Å². The van der Waals surface area contributed by atoms with E-state index in [1.165, 1.54) is 0 Å². The Balaban J connectivity index is 2.02. The Hall–Kier alpha value is -3.59. The van der Waals surface area contributed by atoms with Crippen LogP contribution in [0.5, 0.6) is 0 Å². The standard InChI is InChI=1S/C24H15ClN4S/c25-18-11-13-19(14-12-18)28-29-23-21(16-7-3-1-4-8-16)20(15-26)24(30)27-22(23)17-9-5-2-6-10-17/h1-14H,(H,27,30). The molecule has 30 heavy (non-hydrogen) atoms. The zero-order chi connectivity index (χ0) is 20.9. The van der Waals surface area contributed by atoms with E-state index in [9.17, 15) is 5.26 Å². The number of rotatable bonds is 4. The van der Waals surface area contributed by atoms with Crippen LogP contribution in [0.25, 0.3) is 22.4 Å². The smallest absolute Gasteiger partial charge is 0.122 e. The van der Waals surface area contributed by atoms with Crippen LogP contribution in [0.1, 0.15) is 5.56 Å². The van der Waals surface area contributed by atoms with Crippen LogP contribution in [0.4, 0.5) is 11.4 Å². The molecule has 1 heterocycles. The topological polar surface area (TPSA) is 64.3 Å². The molecule has 0 amide bonds. The SMILES string of the molecule is N#Cc1c(-c2ccccc2)c(N=Nc2ccc(Cl)cc2)c(-c2ccccc2)[nH]c1=S. The lowest BCUT2D eigenvalue weighted by atomic mass is 9.97. The van der Waals surface area contributed by atoms with Crippen molar-refractivity contribution >= 4 is 35.2 Å². The van der Waals surface area contributed by atoms with Crippen LogP contribution in [0, 0.1) is 16.0 Å². The van der Waals surface area contributed by atoms with Crippen LogP contribution in [-0.2, 0) is 0 Å². The fourth-order valence-corrected chi connectivity index (χ4v) is 3.49. The number of halogens is 1. The molecule has 0 radical (unpaired) electrons. The first-order chi connectivity index (χ1) is 14.7. The third-order valence-corrected chi connectivity index (χ3v) is 5.08. The molecule has 0 saturated carbocycles. The van der Waals surface area contributed by atoms with Crippen molar-refractivity contribution in [3.8, 4) is 28.5 Å². The minimum atomic E-state index is 0.362. The van der Waals surface area contributed by atoms with Gasteiger partial charge in [-0.2, -0.15) is 10.4 Å². The molecule has 0 aliphatic rings. The molecule has 0 aliphatic carbocycles. The van der Waals surface area contributed by atoms with Gasteiger partial charge in [0.15, 0.2) is 0 Å². The van der Waals surface area contributed by atoms with Gasteiger partial charge in [0.1, 0.15) is 16.4 Å². The zero-order valence-electron chi connectivity index (χ0n) is 15.7. The molecule has 6 heteroatoms. The van der Waals surface area contributed by atoms with Gasteiger partial charge in [0, 0.05) is 16.1 Å². The summed E-state index contributed by atoms with van der Waals surface area (Å²) in [6, 6.07) is 28.7. The highest BCUT2D eigenvalue weighted by Gasteiger charge is 2.19. The zero-order valence-corrected chi connectivity index (χ0v) is 17.3. The molecule has 144 valence electrons. The molecule has 0 bridgehead atoms. The van der Waals surface area contributed by atoms with Gasteiger partial charge in [-0.25, -0.2) is 0 Å². The van der Waals surface area contributed by atoms with Gasteiger partial charge in [0.2, 0.25) is 0 Å². The molecule has 4 aromatic rings. The summed E-state index contributed by atoms with van der Waals surface area (Å²) in [5.74, 6) is 0. The van der Waals surface area contributed by atoms with Crippen LogP contribution in [0.3, 0.4) is 0 Å². The van der Waals surface area contributed by atoms with E-state index in [0.29, 0.717) is 37.9 Å². The van der Waals surface area contributed by atoms with Gasteiger partial charge in [-0.3, -0.25) is 0 Å². The number of benzene rings is 3. The quantitative estimate of drug-likeness (QED) is 0.265. The summed E-state index contributed by atoms with van der Waals surface area (Å²) in [5.41, 5.74) is 4.66. The van der Waals surface area contributed by atoms with Crippen LogP contribution in [0.15, 0.2) is 95.2 Å². The second kappa shape index (κ2) is 8.83. The fraction of sp³-hybridized carbons (Fsp3) is 0. The van der Waals surface area contributed by atoms with Gasteiger partial charge in [-0.05, 0) is 29.8 Å². The van der Waals surface area contributed by atoms with Crippen molar-refractivity contribution < 1.29 is 0 Å². The molecule has 1 N–H and O–H groups in total. The monoisotopic (exact) mass is 426 g/mol. The first-order valence-corrected chi connectivity index (χ1v) is 9.94. The lowest BCUT2D eigenvalue weighted by Gasteiger charge is -2.13. The summed E-state index contributed by atoms with van der Waals surface area (Å²) >= 11 is 11.5. The number of H-pyrrole nitrogens is 1. The van der Waals surface area contributed by atoms with Crippen molar-refractivity contribution in [2.75, 3.05) is 0 Å². The lowest BCUT2D eigenvalue weighted by molar-refractivity contribution is 1.19. The Kier molecular flexibility index (Phi) is 5.80. The first-order valence-electron chi connectivity index (χ1n) is 9.16. The second-order valence-electron chi connectivity index (χ2n) is 6.45. The van der Waals surface area contributed by atoms with E-state index in [0.717, 1.165) is 11.1 Å². The minimum absolute atomic E-state index is 0.362. The summed E-state index contributed by atoms with van der Waals surface area (Å²) in [7, 11) is 0. The molecule has 3 aromatic carbocycles. The average molecular weight is 427 g/mol. The Labute approximate surface area is 184 Å². The van der Waals surface area contributed by atoms with Gasteiger partial charge in [0.05, 0.1) is 16.9 Å². The van der Waals surface area contributed by atoms with Crippen LogP contribution < -0.4 is 0 Å². The van der Waals surface area contributed by atoms with Crippen LogP contribution >= 0.6 is 23.8 Å². The van der Waals surface area contributed by atoms with Gasteiger partial charge in [-0.15, -0.1) is 5.11 Å². The summed E-state index contributed by atoms with van der Waals surface area (Å²) < 4.78 is 0.362. The molecule has 0 saturated heterocycles. The number of hydrogen-bond acceptors (Lipinski definition) is 4. The number of nitriles is 1. The third-order valence-electron chi connectivity index (χ3n) is 4.52. The maximum atomic E-state index is 9.84. The number of hydrogen-bond donors (Lipinski definition) is 1. The predicted molar refractivity (Wildman–Crippen MR) is 123 cm³/mol. The van der Waals surface area contributed by atoms with Crippen molar-refractivity contribution in [3.05, 3.63) is 100 Å². The van der Waals surface area contributed by atoms with E-state index < -0.39 is 0 Å². The highest BCUT2D eigenvalue weighted by Crippen LogP contribution is 2.41. The van der Waals surface area contributed by atoms with Gasteiger partial charge in [0.25, 0.3) is 0 Å². The van der Waals surface area contributed by atoms with Crippen molar-refractivity contribution in [1.82, 2.24) is 4.98 Å². The molecule has 0 atom stereocenters. The average Bonchev–Trinajstić information content (AvgIpc) is 2.79. The highest BCUT2D eigenvalue weighted by molar-refractivity contribution is 7.71. The molecule has 0 unspecified atom stereocenters. The summed E-state index contributed by atoms with van der Waals surface area (Å²) in [4.78, 5) is 3.18. The molecule has 1 aromatic heterocycles. The molecular formula is C24H15ClN4S. The summed E-state index contributed by atoms with van der Waals surface area (Å²) in [6.45, 7) is 0. The predicted octanol–water partition coefficient (Wildman–Crippen LogP) is 8.02. The largest absolute Gasteiger partial charge is 0.343 e. The molecule has 4 nitrogen and oxygen atoms in total. The number of nitrogens with one attached hydrogen (secondary N) is 1. The number of aromatic amines is 1. The molecule has 0 spiro atoms. The van der Waals surface area contributed by atoms with E-state index >= 15 is 0 Å². The van der Waals surface area contributed by atoms with E-state index in [1.54, 1.807) is 24.3 Å². The minimum Gasteiger partial charge on any atom is -0.343 e. The van der Waals surface area contributed by atoms with Crippen molar-refractivity contribution in [2.24, 2.45) is 10.2 Å². The second-order valence-corrected chi connectivity index (χ2v) is 7.29. The van der Waals surface area contributed by atoms with Crippen molar-refractivity contribution in [1.29, 1.82) is 5.26 Å². The maximum Gasteiger partial charge on any atom is 0.122 e. The molecular weight excluding hydrogens is 412 g/mol. The number of aromatic nitrogens is 1. The van der Waals surface area contributed by atoms with E-state index in [4.69, 9.17) is 23.8 Å². The number of azo groups is 1. The Morgan fingerprint density at radius 1 is 0.800 bits per heavy atom. The van der Waals surface area contributed by atoms with Crippen molar-refractivity contribution in [2.45, 2.75) is 0 Å². The highest BCUT2D eigenvalue weighted by atomic mass is 35.5. The van der Waals surface area contributed by atoms with E-state index in [2.05, 4.69) is 21.3 Å². The maximum absolute atomic E-state index is 9.84. The molecule has 4 rings (SSSR count). The Morgan fingerprint density at radius 3 is 2.00 bits per heavy atom. The first kappa shape index (κ1) is 19.7.